The van der Waals surface area contributed by atoms with E-state index in [0.717, 1.165) is 12.8 Å². The summed E-state index contributed by atoms with van der Waals surface area (Å²) in [6, 6.07) is -0.0248. The average Bonchev–Trinajstić information content (AvgIpc) is 2.76. The molecule has 2 atom stereocenters. The van der Waals surface area contributed by atoms with E-state index < -0.39 is 9.84 Å². The smallest absolute Gasteiger partial charge is 0.251 e. The zero-order valence-electron chi connectivity index (χ0n) is 11.5. The molecule has 2 saturated heterocycles. The predicted octanol–water partition coefficient (Wildman–Crippen LogP) is 1.15. The van der Waals surface area contributed by atoms with Crippen molar-refractivity contribution in [1.29, 1.82) is 0 Å². The topological polar surface area (TPSA) is 66.8 Å². The first-order valence-electron chi connectivity index (χ1n) is 6.60. The third kappa shape index (κ3) is 2.97. The summed E-state index contributed by atoms with van der Waals surface area (Å²) in [6.07, 6.45) is 1.59. The first-order valence-corrected chi connectivity index (χ1v) is 9.30. The lowest BCUT2D eigenvalue weighted by Crippen LogP contribution is -2.34. The number of carbonyl (C=O) groups is 1. The van der Waals surface area contributed by atoms with E-state index in [9.17, 15) is 13.2 Å². The molecule has 0 aromatic carbocycles. The molecule has 0 saturated carbocycles. The van der Waals surface area contributed by atoms with Crippen molar-refractivity contribution in [3.8, 4) is 0 Å². The molecule has 2 unspecified atom stereocenters. The summed E-state index contributed by atoms with van der Waals surface area (Å²) < 4.78 is 23.1. The van der Waals surface area contributed by atoms with Crippen LogP contribution in [-0.4, -0.2) is 54.2 Å². The van der Waals surface area contributed by atoms with E-state index in [4.69, 9.17) is 0 Å². The van der Waals surface area contributed by atoms with E-state index in [-0.39, 0.29) is 34.6 Å². The van der Waals surface area contributed by atoms with Gasteiger partial charge in [-0.25, -0.2) is 8.42 Å². The van der Waals surface area contributed by atoms with E-state index in [1.807, 2.05) is 25.8 Å². The van der Waals surface area contributed by atoms with Crippen LogP contribution in [0.5, 0.6) is 0 Å². The molecule has 1 amide bonds. The molecule has 0 aliphatic carbocycles. The molecule has 0 bridgehead atoms. The summed E-state index contributed by atoms with van der Waals surface area (Å²) >= 11 is 1.43. The maximum absolute atomic E-state index is 12.0. The molecule has 2 rings (SSSR count). The quantitative estimate of drug-likeness (QED) is 0.782. The molecule has 2 aliphatic rings. The number of amides is 1. The Hall–Kier alpha value is -0.560. The summed E-state index contributed by atoms with van der Waals surface area (Å²) in [5, 5.41) is 0.713. The van der Waals surface area contributed by atoms with Gasteiger partial charge in [-0.05, 0) is 12.8 Å². The molecule has 5 nitrogen and oxygen atoms in total. The molecule has 2 fully saturated rings. The molecule has 0 N–H and O–H groups in total. The second-order valence-corrected chi connectivity index (χ2v) is 8.52. The van der Waals surface area contributed by atoms with Crippen LogP contribution in [0.3, 0.4) is 0 Å². The highest BCUT2D eigenvalue weighted by molar-refractivity contribution is 8.15. The van der Waals surface area contributed by atoms with E-state index in [2.05, 4.69) is 4.99 Å². The number of nitrogens with zero attached hydrogens (tertiary/aromatic N) is 2. The third-order valence-corrected chi connectivity index (χ3v) is 7.17. The van der Waals surface area contributed by atoms with Crippen LogP contribution in [0.15, 0.2) is 4.99 Å². The van der Waals surface area contributed by atoms with Crippen LogP contribution in [0.1, 0.15) is 26.7 Å². The Labute approximate surface area is 118 Å². The molecule has 2 aliphatic heterocycles. The monoisotopic (exact) mass is 304 g/mol. The van der Waals surface area contributed by atoms with Gasteiger partial charge >= 0.3 is 0 Å². The zero-order valence-corrected chi connectivity index (χ0v) is 13.1. The Bertz CT molecular complexity index is 497. The molecule has 108 valence electrons. The lowest BCUT2D eigenvalue weighted by Gasteiger charge is -2.18. The summed E-state index contributed by atoms with van der Waals surface area (Å²) in [5.74, 6) is 0.275. The van der Waals surface area contributed by atoms with Gasteiger partial charge in [0.05, 0.1) is 17.5 Å². The van der Waals surface area contributed by atoms with E-state index in [1.54, 1.807) is 0 Å². The summed E-state index contributed by atoms with van der Waals surface area (Å²) in [5.41, 5.74) is 0. The number of fused-ring (bicyclic) bond motifs is 1. The molecule has 2 heterocycles. The minimum Gasteiger partial charge on any atom is -0.349 e. The van der Waals surface area contributed by atoms with Gasteiger partial charge in [0.25, 0.3) is 5.91 Å². The molecule has 0 aromatic rings. The maximum Gasteiger partial charge on any atom is 0.251 e. The number of carbonyl (C=O) groups excluding carboxylic acids is 1. The minimum absolute atomic E-state index is 0.0225. The van der Waals surface area contributed by atoms with Crippen molar-refractivity contribution in [2.75, 3.05) is 18.6 Å². The van der Waals surface area contributed by atoms with Gasteiger partial charge in [-0.3, -0.25) is 4.79 Å². The fourth-order valence-corrected chi connectivity index (χ4v) is 6.56. The van der Waals surface area contributed by atoms with Gasteiger partial charge in [-0.1, -0.05) is 25.6 Å². The highest BCUT2D eigenvalue weighted by Gasteiger charge is 2.47. The fourth-order valence-electron chi connectivity index (χ4n) is 2.56. The molecule has 0 spiro atoms. The number of aliphatic imine (C=N–C) groups is 1. The highest BCUT2D eigenvalue weighted by atomic mass is 32.2. The van der Waals surface area contributed by atoms with Crippen molar-refractivity contribution in [1.82, 2.24) is 4.90 Å². The molecular formula is C12H20N2O3S2. The van der Waals surface area contributed by atoms with Crippen molar-refractivity contribution in [2.45, 2.75) is 38.0 Å². The zero-order chi connectivity index (χ0) is 14.2. The van der Waals surface area contributed by atoms with Gasteiger partial charge in [-0.2, -0.15) is 4.99 Å². The van der Waals surface area contributed by atoms with Crippen LogP contribution in [0.25, 0.3) is 0 Å². The minimum atomic E-state index is -2.92. The van der Waals surface area contributed by atoms with Gasteiger partial charge in [0.15, 0.2) is 15.0 Å². The average molecular weight is 304 g/mol. The summed E-state index contributed by atoms with van der Waals surface area (Å²) in [7, 11) is -1.09. The van der Waals surface area contributed by atoms with Crippen molar-refractivity contribution in [2.24, 2.45) is 10.9 Å². The predicted molar refractivity (Wildman–Crippen MR) is 78.1 cm³/mol. The Morgan fingerprint density at radius 1 is 1.42 bits per heavy atom. The van der Waals surface area contributed by atoms with Gasteiger partial charge < -0.3 is 4.90 Å². The third-order valence-electron chi connectivity index (χ3n) is 3.87. The van der Waals surface area contributed by atoms with Gasteiger partial charge in [0.1, 0.15) is 0 Å². The molecule has 0 aromatic heterocycles. The van der Waals surface area contributed by atoms with Gasteiger partial charge in [-0.15, -0.1) is 0 Å². The van der Waals surface area contributed by atoms with E-state index in [0.29, 0.717) is 5.17 Å². The van der Waals surface area contributed by atoms with Crippen molar-refractivity contribution >= 4 is 32.7 Å². The summed E-state index contributed by atoms with van der Waals surface area (Å²) in [4.78, 5) is 18.1. The first kappa shape index (κ1) is 14.8. The number of amidine groups is 1. The van der Waals surface area contributed by atoms with E-state index >= 15 is 0 Å². The van der Waals surface area contributed by atoms with Crippen LogP contribution >= 0.6 is 11.8 Å². The van der Waals surface area contributed by atoms with Crippen LogP contribution in [0, 0.1) is 5.92 Å². The molecule has 0 radical (unpaired) electrons. The standard InChI is InChI=1S/C12H20N2O3S2/c1-4-8(5-2)11(15)13-12-14(3)9-6-19(16,17)7-10(9)18-12/h8-10H,4-7H2,1-3H3. The van der Waals surface area contributed by atoms with Crippen molar-refractivity contribution in [3.05, 3.63) is 0 Å². The van der Waals surface area contributed by atoms with Crippen molar-refractivity contribution in [3.63, 3.8) is 0 Å². The van der Waals surface area contributed by atoms with Gasteiger partial charge in [0, 0.05) is 18.2 Å². The number of hydrogen-bond acceptors (Lipinski definition) is 4. The second kappa shape index (κ2) is 5.44. The lowest BCUT2D eigenvalue weighted by atomic mass is 10.0. The maximum atomic E-state index is 12.0. The number of thioether (sulfide) groups is 1. The number of sulfone groups is 1. The highest BCUT2D eigenvalue weighted by Crippen LogP contribution is 2.37. The molecule has 7 heteroatoms. The Kier molecular flexibility index (Phi) is 4.25. The molecule has 19 heavy (non-hydrogen) atoms. The lowest BCUT2D eigenvalue weighted by molar-refractivity contribution is -0.121. The summed E-state index contributed by atoms with van der Waals surface area (Å²) in [6.45, 7) is 3.97. The second-order valence-electron chi connectivity index (χ2n) is 5.16. The van der Waals surface area contributed by atoms with Crippen LogP contribution in [0.2, 0.25) is 0 Å². The van der Waals surface area contributed by atoms with Crippen LogP contribution < -0.4 is 0 Å². The first-order chi connectivity index (χ1) is 8.88. The SMILES string of the molecule is CCC(CC)C(=O)N=C1SC2CS(=O)(=O)CC2N1C. The van der Waals surface area contributed by atoms with Gasteiger partial charge in [0.2, 0.25) is 0 Å². The largest absolute Gasteiger partial charge is 0.349 e. The van der Waals surface area contributed by atoms with E-state index in [1.165, 1.54) is 11.8 Å². The van der Waals surface area contributed by atoms with Crippen LogP contribution in [-0.2, 0) is 14.6 Å². The normalized spacial score (nSPS) is 31.2. The van der Waals surface area contributed by atoms with Crippen molar-refractivity contribution < 1.29 is 13.2 Å². The Morgan fingerprint density at radius 2 is 2.05 bits per heavy atom. The Morgan fingerprint density at radius 3 is 2.58 bits per heavy atom. The fraction of sp³-hybridized carbons (Fsp3) is 0.833. The molecular weight excluding hydrogens is 284 g/mol. The number of hydrogen-bond donors (Lipinski definition) is 0. The van der Waals surface area contributed by atoms with Crippen LogP contribution in [0.4, 0.5) is 0 Å². The number of rotatable bonds is 3. The Balaban J connectivity index is 2.11.